The van der Waals surface area contributed by atoms with Crippen molar-refractivity contribution in [1.29, 1.82) is 0 Å². The van der Waals surface area contributed by atoms with Gasteiger partial charge in [0, 0.05) is 0 Å². The standard InChI is InChI=1S/C8H14F5P/c1-3-5-14(6-4-2)8(12,13)7(9,10)11/h3-6H2,1-2H3. The van der Waals surface area contributed by atoms with Crippen molar-refractivity contribution < 1.29 is 22.0 Å². The SMILES string of the molecule is CCCP(CCC)C(F)(F)C(F)(F)F. The van der Waals surface area contributed by atoms with Gasteiger partial charge in [0.25, 0.3) is 0 Å². The van der Waals surface area contributed by atoms with Crippen LogP contribution in [-0.4, -0.2) is 24.2 Å². The largest absolute Gasteiger partial charge is 0.457 e. The summed E-state index contributed by atoms with van der Waals surface area (Å²) in [6, 6.07) is 0. The van der Waals surface area contributed by atoms with E-state index < -0.39 is 19.8 Å². The van der Waals surface area contributed by atoms with Crippen molar-refractivity contribution >= 4 is 7.92 Å². The Bertz CT molecular complexity index is 160. The van der Waals surface area contributed by atoms with Gasteiger partial charge in [0.05, 0.1) is 0 Å². The predicted octanol–water partition coefficient (Wildman–Crippen LogP) is 4.44. The van der Waals surface area contributed by atoms with Crippen LogP contribution >= 0.6 is 7.92 Å². The highest BCUT2D eigenvalue weighted by atomic mass is 31.1. The maximum atomic E-state index is 12.9. The second kappa shape index (κ2) is 5.24. The molecule has 0 heterocycles. The molecule has 0 aliphatic carbocycles. The molecule has 0 atom stereocenters. The third kappa shape index (κ3) is 3.34. The fourth-order valence-corrected chi connectivity index (χ4v) is 3.34. The van der Waals surface area contributed by atoms with Gasteiger partial charge in [-0.3, -0.25) is 0 Å². The van der Waals surface area contributed by atoms with Crippen molar-refractivity contribution in [3.63, 3.8) is 0 Å². The Morgan fingerprint density at radius 1 is 0.857 bits per heavy atom. The summed E-state index contributed by atoms with van der Waals surface area (Å²) in [5.41, 5.74) is -4.48. The Morgan fingerprint density at radius 3 is 1.43 bits per heavy atom. The van der Waals surface area contributed by atoms with Gasteiger partial charge >= 0.3 is 11.8 Å². The summed E-state index contributed by atoms with van der Waals surface area (Å²) in [5, 5.41) is 0. The molecule has 14 heavy (non-hydrogen) atoms. The van der Waals surface area contributed by atoms with E-state index in [-0.39, 0.29) is 12.3 Å². The molecule has 0 aromatic rings. The second-order valence-electron chi connectivity index (χ2n) is 3.03. The lowest BCUT2D eigenvalue weighted by Gasteiger charge is -2.28. The third-order valence-corrected chi connectivity index (χ3v) is 4.75. The van der Waals surface area contributed by atoms with E-state index in [1.54, 1.807) is 13.8 Å². The molecule has 0 saturated heterocycles. The summed E-state index contributed by atoms with van der Waals surface area (Å²) in [5.74, 6) is 0. The van der Waals surface area contributed by atoms with Gasteiger partial charge in [-0.2, -0.15) is 22.0 Å². The molecule has 0 nitrogen and oxygen atoms in total. The molecule has 0 saturated carbocycles. The molecule has 0 bridgehead atoms. The Kier molecular flexibility index (Phi) is 5.27. The molecule has 0 radical (unpaired) electrons. The molecule has 86 valence electrons. The highest BCUT2D eigenvalue weighted by Crippen LogP contribution is 2.60. The Balaban J connectivity index is 4.61. The first-order valence-electron chi connectivity index (χ1n) is 4.47. The van der Waals surface area contributed by atoms with E-state index in [1.807, 2.05) is 0 Å². The maximum Gasteiger partial charge on any atom is 0.457 e. The van der Waals surface area contributed by atoms with Gasteiger partial charge < -0.3 is 0 Å². The van der Waals surface area contributed by atoms with E-state index in [0.717, 1.165) is 0 Å². The number of alkyl halides is 5. The summed E-state index contributed by atoms with van der Waals surface area (Å²) < 4.78 is 61.7. The maximum absolute atomic E-state index is 12.9. The lowest BCUT2D eigenvalue weighted by molar-refractivity contribution is -0.240. The van der Waals surface area contributed by atoms with E-state index in [2.05, 4.69) is 0 Å². The number of halogens is 5. The number of hydrogen-bond acceptors (Lipinski definition) is 0. The lowest BCUT2D eigenvalue weighted by atomic mass is 10.6. The average molecular weight is 236 g/mol. The molecule has 0 unspecified atom stereocenters. The van der Waals surface area contributed by atoms with Gasteiger partial charge in [-0.05, 0) is 20.2 Å². The van der Waals surface area contributed by atoms with Crippen LogP contribution in [0.2, 0.25) is 0 Å². The fraction of sp³-hybridized carbons (Fsp3) is 1.00. The van der Waals surface area contributed by atoms with Crippen LogP contribution in [0.4, 0.5) is 22.0 Å². The van der Waals surface area contributed by atoms with Gasteiger partial charge in [-0.25, -0.2) is 0 Å². The minimum Gasteiger partial charge on any atom is -0.191 e. The molecular formula is C8H14F5P. The van der Waals surface area contributed by atoms with E-state index in [9.17, 15) is 22.0 Å². The van der Waals surface area contributed by atoms with Crippen LogP contribution in [0.1, 0.15) is 26.7 Å². The lowest BCUT2D eigenvalue weighted by Crippen LogP contribution is -2.35. The van der Waals surface area contributed by atoms with Crippen LogP contribution in [0, 0.1) is 0 Å². The number of hydrogen-bond donors (Lipinski definition) is 0. The zero-order chi connectivity index (χ0) is 11.4. The number of rotatable bonds is 5. The Labute approximate surface area is 81.6 Å². The third-order valence-electron chi connectivity index (χ3n) is 1.73. The Hall–Kier alpha value is 0.0800. The smallest absolute Gasteiger partial charge is 0.191 e. The van der Waals surface area contributed by atoms with Crippen LogP contribution in [0.15, 0.2) is 0 Å². The average Bonchev–Trinajstić information content (AvgIpc) is 2.02. The van der Waals surface area contributed by atoms with E-state index >= 15 is 0 Å². The normalized spacial score (nSPS) is 13.7. The van der Waals surface area contributed by atoms with E-state index in [1.165, 1.54) is 0 Å². The van der Waals surface area contributed by atoms with Gasteiger partial charge in [-0.1, -0.05) is 26.7 Å². The molecule has 0 aromatic heterocycles. The minimum atomic E-state index is -5.39. The Morgan fingerprint density at radius 2 is 1.21 bits per heavy atom. The van der Waals surface area contributed by atoms with Crippen molar-refractivity contribution in [3.05, 3.63) is 0 Å². The first-order valence-corrected chi connectivity index (χ1v) is 6.18. The van der Waals surface area contributed by atoms with Crippen molar-refractivity contribution in [1.82, 2.24) is 0 Å². The van der Waals surface area contributed by atoms with Crippen LogP contribution in [0.3, 0.4) is 0 Å². The molecule has 6 heteroatoms. The highest BCUT2D eigenvalue weighted by molar-refractivity contribution is 7.58. The summed E-state index contributed by atoms with van der Waals surface area (Å²) in [7, 11) is -2.25. The van der Waals surface area contributed by atoms with E-state index in [4.69, 9.17) is 0 Å². The second-order valence-corrected chi connectivity index (χ2v) is 5.56. The molecule has 0 N–H and O–H groups in total. The van der Waals surface area contributed by atoms with Gasteiger partial charge in [0.15, 0.2) is 0 Å². The van der Waals surface area contributed by atoms with E-state index in [0.29, 0.717) is 12.8 Å². The van der Waals surface area contributed by atoms with Gasteiger partial charge in [0.2, 0.25) is 0 Å². The monoisotopic (exact) mass is 236 g/mol. The van der Waals surface area contributed by atoms with Crippen LogP contribution in [-0.2, 0) is 0 Å². The van der Waals surface area contributed by atoms with Crippen LogP contribution < -0.4 is 0 Å². The summed E-state index contributed by atoms with van der Waals surface area (Å²) in [6.07, 6.45) is -4.68. The van der Waals surface area contributed by atoms with Crippen molar-refractivity contribution in [2.75, 3.05) is 12.3 Å². The molecule has 0 aliphatic rings. The molecular weight excluding hydrogens is 222 g/mol. The fourth-order valence-electron chi connectivity index (χ4n) is 1.11. The molecule has 0 fully saturated rings. The summed E-state index contributed by atoms with van der Waals surface area (Å²) in [4.78, 5) is 0. The zero-order valence-corrected chi connectivity index (χ0v) is 9.06. The van der Waals surface area contributed by atoms with Crippen LogP contribution in [0.25, 0.3) is 0 Å². The molecule has 0 rings (SSSR count). The zero-order valence-electron chi connectivity index (χ0n) is 8.17. The molecule has 0 aliphatic heterocycles. The van der Waals surface area contributed by atoms with Gasteiger partial charge in [0.1, 0.15) is 0 Å². The molecule has 0 spiro atoms. The summed E-state index contributed by atoms with van der Waals surface area (Å²) >= 11 is 0. The predicted molar refractivity (Wildman–Crippen MR) is 48.2 cm³/mol. The quantitative estimate of drug-likeness (QED) is 0.489. The summed E-state index contributed by atoms with van der Waals surface area (Å²) in [6.45, 7) is 3.24. The van der Waals surface area contributed by atoms with Crippen LogP contribution in [0.5, 0.6) is 0 Å². The minimum absolute atomic E-state index is 0.0182. The van der Waals surface area contributed by atoms with Gasteiger partial charge in [-0.15, -0.1) is 0 Å². The van der Waals surface area contributed by atoms with Crippen molar-refractivity contribution in [2.24, 2.45) is 0 Å². The molecule has 0 amide bonds. The first kappa shape index (κ1) is 14.1. The van der Waals surface area contributed by atoms with Crippen molar-refractivity contribution in [3.8, 4) is 0 Å². The highest BCUT2D eigenvalue weighted by Gasteiger charge is 2.61. The topological polar surface area (TPSA) is 0 Å². The van der Waals surface area contributed by atoms with Crippen molar-refractivity contribution in [2.45, 2.75) is 38.5 Å². The molecule has 0 aromatic carbocycles. The first-order chi connectivity index (χ1) is 6.27.